The summed E-state index contributed by atoms with van der Waals surface area (Å²) in [5.74, 6) is 1.71. The van der Waals surface area contributed by atoms with Gasteiger partial charge in [-0.2, -0.15) is 0 Å². The van der Waals surface area contributed by atoms with Crippen LogP contribution in [0.4, 0.5) is 5.82 Å². The molecule has 3 heteroatoms. The van der Waals surface area contributed by atoms with Crippen molar-refractivity contribution in [2.24, 2.45) is 5.92 Å². The van der Waals surface area contributed by atoms with Crippen LogP contribution in [0.3, 0.4) is 0 Å². The van der Waals surface area contributed by atoms with E-state index < -0.39 is 0 Å². The fourth-order valence-corrected chi connectivity index (χ4v) is 3.61. The van der Waals surface area contributed by atoms with E-state index in [2.05, 4.69) is 60.1 Å². The smallest absolute Gasteiger partial charge is 0.135 e. The normalized spacial score (nSPS) is 16.5. The quantitative estimate of drug-likeness (QED) is 0.849. The summed E-state index contributed by atoms with van der Waals surface area (Å²) in [5, 5.41) is 4.61. The number of nitrogens with one attached hydrogen (secondary N) is 1. The third-order valence-corrected chi connectivity index (χ3v) is 4.64. The lowest BCUT2D eigenvalue weighted by Crippen LogP contribution is -2.17. The molecule has 0 spiro atoms. The number of anilines is 1. The molecule has 112 valence electrons. The first-order chi connectivity index (χ1) is 10.3. The van der Waals surface area contributed by atoms with Crippen molar-refractivity contribution in [3.63, 3.8) is 0 Å². The van der Waals surface area contributed by atoms with E-state index >= 15 is 0 Å². The van der Waals surface area contributed by atoms with Crippen molar-refractivity contribution < 1.29 is 0 Å². The Morgan fingerprint density at radius 1 is 1.38 bits per heavy atom. The van der Waals surface area contributed by atoms with Gasteiger partial charge >= 0.3 is 0 Å². The van der Waals surface area contributed by atoms with Crippen molar-refractivity contribution in [3.05, 3.63) is 30.1 Å². The minimum atomic E-state index is 0.560. The molecular formula is C18H25N3. The Balaban J connectivity index is 2.12. The molecule has 0 radical (unpaired) electrons. The zero-order chi connectivity index (χ0) is 14.8. The number of hydrogen-bond donors (Lipinski definition) is 1. The molecule has 1 aliphatic rings. The molecule has 2 atom stereocenters. The molecule has 0 aliphatic carbocycles. The Hall–Kier alpha value is -1.77. The van der Waals surface area contributed by atoms with Crippen LogP contribution >= 0.6 is 0 Å². The maximum absolute atomic E-state index is 4.55. The maximum Gasteiger partial charge on any atom is 0.135 e. The minimum Gasteiger partial charge on any atom is -0.366 e. The van der Waals surface area contributed by atoms with Crippen LogP contribution in [-0.4, -0.2) is 16.1 Å². The first-order valence-electron chi connectivity index (χ1n) is 8.16. The fraction of sp³-hybridized carbons (Fsp3) is 0.500. The van der Waals surface area contributed by atoms with E-state index in [0.717, 1.165) is 12.4 Å². The van der Waals surface area contributed by atoms with Gasteiger partial charge < -0.3 is 9.88 Å². The summed E-state index contributed by atoms with van der Waals surface area (Å²) in [6, 6.07) is 2.76. The summed E-state index contributed by atoms with van der Waals surface area (Å²) < 4.78 is 2.48. The molecule has 3 nitrogen and oxygen atoms in total. The fourth-order valence-electron chi connectivity index (χ4n) is 3.61. The van der Waals surface area contributed by atoms with Gasteiger partial charge in [-0.3, -0.25) is 0 Å². The molecule has 21 heavy (non-hydrogen) atoms. The van der Waals surface area contributed by atoms with E-state index in [-0.39, 0.29) is 0 Å². The summed E-state index contributed by atoms with van der Waals surface area (Å²) in [6.45, 7) is 7.82. The molecule has 0 amide bonds. The molecule has 3 rings (SSSR count). The predicted molar refractivity (Wildman–Crippen MR) is 90.7 cm³/mol. The summed E-state index contributed by atoms with van der Waals surface area (Å²) >= 11 is 0. The van der Waals surface area contributed by atoms with Gasteiger partial charge in [0.05, 0.1) is 5.52 Å². The highest BCUT2D eigenvalue weighted by atomic mass is 15.0. The lowest BCUT2D eigenvalue weighted by Gasteiger charge is -2.26. The monoisotopic (exact) mass is 283 g/mol. The second-order valence-electron chi connectivity index (χ2n) is 6.07. The third kappa shape index (κ3) is 2.45. The number of hydrogen-bond acceptors (Lipinski definition) is 2. The molecular weight excluding hydrogens is 258 g/mol. The number of fused-ring (bicyclic) bond motifs is 3. The molecule has 1 N–H and O–H groups in total. The van der Waals surface area contributed by atoms with Crippen molar-refractivity contribution in [2.75, 3.05) is 11.9 Å². The highest BCUT2D eigenvalue weighted by Gasteiger charge is 2.21. The van der Waals surface area contributed by atoms with E-state index in [0.29, 0.717) is 12.0 Å². The van der Waals surface area contributed by atoms with E-state index in [4.69, 9.17) is 0 Å². The van der Waals surface area contributed by atoms with Crippen molar-refractivity contribution in [3.8, 4) is 0 Å². The van der Waals surface area contributed by atoms with Crippen LogP contribution in [0.2, 0.25) is 0 Å². The molecule has 0 fully saturated rings. The SMILES string of the molecule is CCCC(C)C(CC)n1ccc2cnc3c(c21)C=CCN3. The highest BCUT2D eigenvalue weighted by Crippen LogP contribution is 2.34. The van der Waals surface area contributed by atoms with Crippen molar-refractivity contribution in [2.45, 2.75) is 46.1 Å². The van der Waals surface area contributed by atoms with Gasteiger partial charge in [0.25, 0.3) is 0 Å². The Morgan fingerprint density at radius 2 is 2.24 bits per heavy atom. The third-order valence-electron chi connectivity index (χ3n) is 4.64. The number of nitrogens with zero attached hydrogens (tertiary/aromatic N) is 2. The van der Waals surface area contributed by atoms with E-state index in [1.54, 1.807) is 0 Å². The minimum absolute atomic E-state index is 0.560. The van der Waals surface area contributed by atoms with Gasteiger partial charge in [-0.1, -0.05) is 39.3 Å². The molecule has 2 aromatic rings. The summed E-state index contributed by atoms with van der Waals surface area (Å²) in [6.07, 6.45) is 12.3. The lowest BCUT2D eigenvalue weighted by molar-refractivity contribution is 0.329. The Bertz CT molecular complexity index is 654. The summed E-state index contributed by atoms with van der Waals surface area (Å²) in [4.78, 5) is 4.55. The van der Waals surface area contributed by atoms with Crippen molar-refractivity contribution in [1.82, 2.24) is 9.55 Å². The Kier molecular flexibility index (Phi) is 4.00. The van der Waals surface area contributed by atoms with Gasteiger partial charge in [-0.05, 0) is 24.8 Å². The maximum atomic E-state index is 4.55. The largest absolute Gasteiger partial charge is 0.366 e. The van der Waals surface area contributed by atoms with E-state index in [1.165, 1.54) is 35.7 Å². The lowest BCUT2D eigenvalue weighted by atomic mass is 9.94. The molecule has 2 aromatic heterocycles. The Labute approximate surface area is 127 Å². The first-order valence-corrected chi connectivity index (χ1v) is 8.16. The zero-order valence-electron chi connectivity index (χ0n) is 13.3. The molecule has 1 aliphatic heterocycles. The second kappa shape index (κ2) is 5.92. The molecule has 0 aromatic carbocycles. The predicted octanol–water partition coefficient (Wildman–Crippen LogP) is 4.86. The summed E-state index contributed by atoms with van der Waals surface area (Å²) in [5.41, 5.74) is 2.57. The second-order valence-corrected chi connectivity index (χ2v) is 6.07. The standard InChI is InChI=1S/C18H25N3/c1-4-7-13(3)16(5-2)21-11-9-14-12-20-18-15(17(14)21)8-6-10-19-18/h6,8-9,11-13,16H,4-5,7,10H2,1-3H3,(H,19,20). The van der Waals surface area contributed by atoms with Crippen LogP contribution < -0.4 is 5.32 Å². The molecule has 3 heterocycles. The van der Waals surface area contributed by atoms with Crippen LogP contribution in [0.15, 0.2) is 24.5 Å². The first kappa shape index (κ1) is 14.2. The van der Waals surface area contributed by atoms with Gasteiger partial charge in [-0.15, -0.1) is 0 Å². The number of rotatable bonds is 5. The van der Waals surface area contributed by atoms with Crippen LogP contribution in [0.1, 0.15) is 51.6 Å². The van der Waals surface area contributed by atoms with E-state index in [1.807, 2.05) is 6.20 Å². The average molecular weight is 283 g/mol. The van der Waals surface area contributed by atoms with Crippen LogP contribution in [0.25, 0.3) is 17.0 Å². The van der Waals surface area contributed by atoms with Gasteiger partial charge in [0.1, 0.15) is 5.82 Å². The molecule has 2 unspecified atom stereocenters. The Morgan fingerprint density at radius 3 is 3.00 bits per heavy atom. The van der Waals surface area contributed by atoms with Gasteiger partial charge in [0, 0.05) is 35.9 Å². The molecule has 0 bridgehead atoms. The number of pyridine rings is 1. The van der Waals surface area contributed by atoms with Gasteiger partial charge in [-0.25, -0.2) is 4.98 Å². The van der Waals surface area contributed by atoms with Crippen LogP contribution in [-0.2, 0) is 0 Å². The zero-order valence-corrected chi connectivity index (χ0v) is 13.3. The van der Waals surface area contributed by atoms with Crippen LogP contribution in [0, 0.1) is 5.92 Å². The van der Waals surface area contributed by atoms with E-state index in [9.17, 15) is 0 Å². The summed E-state index contributed by atoms with van der Waals surface area (Å²) in [7, 11) is 0. The van der Waals surface area contributed by atoms with Crippen molar-refractivity contribution in [1.29, 1.82) is 0 Å². The molecule has 0 saturated carbocycles. The van der Waals surface area contributed by atoms with Gasteiger partial charge in [0.2, 0.25) is 0 Å². The van der Waals surface area contributed by atoms with Gasteiger partial charge in [0.15, 0.2) is 0 Å². The molecule has 0 saturated heterocycles. The van der Waals surface area contributed by atoms with Crippen LogP contribution in [0.5, 0.6) is 0 Å². The topological polar surface area (TPSA) is 29.9 Å². The number of aromatic nitrogens is 2. The highest BCUT2D eigenvalue weighted by molar-refractivity contribution is 5.93. The average Bonchev–Trinajstić information content (AvgIpc) is 2.93. The van der Waals surface area contributed by atoms with Crippen molar-refractivity contribution >= 4 is 22.8 Å².